The molecule has 0 aromatic heterocycles. The molecule has 1 fully saturated rings. The Bertz CT molecular complexity index is 234. The Morgan fingerprint density at radius 2 is 1.88 bits per heavy atom. The van der Waals surface area contributed by atoms with Crippen molar-refractivity contribution in [1.82, 2.24) is 10.2 Å². The Morgan fingerprint density at radius 3 is 2.35 bits per heavy atom. The maximum absolute atomic E-state index is 12.3. The molecule has 0 atom stereocenters. The van der Waals surface area contributed by atoms with E-state index in [4.69, 9.17) is 0 Å². The molecule has 0 aromatic rings. The Kier molecular flexibility index (Phi) is 5.96. The third kappa shape index (κ3) is 3.98. The fourth-order valence-corrected chi connectivity index (χ4v) is 2.87. The van der Waals surface area contributed by atoms with Gasteiger partial charge in [-0.2, -0.15) is 0 Å². The van der Waals surface area contributed by atoms with Gasteiger partial charge in [-0.15, -0.1) is 0 Å². The average molecular weight is 240 g/mol. The predicted octanol–water partition coefficient (Wildman–Crippen LogP) is 2.56. The van der Waals surface area contributed by atoms with Gasteiger partial charge >= 0.3 is 0 Å². The molecule has 0 aromatic carbocycles. The molecule has 100 valence electrons. The molecule has 1 aliphatic carbocycles. The molecular formula is C14H28N2O. The summed E-state index contributed by atoms with van der Waals surface area (Å²) in [5.41, 5.74) is 0.0799. The Morgan fingerprint density at radius 1 is 1.24 bits per heavy atom. The fraction of sp³-hybridized carbons (Fsp3) is 0.929. The van der Waals surface area contributed by atoms with Crippen molar-refractivity contribution < 1.29 is 4.79 Å². The minimum Gasteiger partial charge on any atom is -0.343 e. The molecule has 0 radical (unpaired) electrons. The lowest BCUT2D eigenvalue weighted by Crippen LogP contribution is -2.49. The molecule has 0 saturated heterocycles. The normalized spacial score (nSPS) is 19.0. The number of carbonyl (C=O) groups is 1. The predicted molar refractivity (Wildman–Crippen MR) is 72.0 cm³/mol. The monoisotopic (exact) mass is 240 g/mol. The highest BCUT2D eigenvalue weighted by Gasteiger charge is 2.33. The van der Waals surface area contributed by atoms with Crippen molar-refractivity contribution in [3.05, 3.63) is 0 Å². The molecule has 3 heteroatoms. The van der Waals surface area contributed by atoms with Gasteiger partial charge in [-0.1, -0.05) is 26.2 Å². The van der Waals surface area contributed by atoms with E-state index >= 15 is 0 Å². The molecule has 1 N–H and O–H groups in total. The molecule has 0 bridgehead atoms. The summed E-state index contributed by atoms with van der Waals surface area (Å²) < 4.78 is 0. The summed E-state index contributed by atoms with van der Waals surface area (Å²) in [6.07, 6.45) is 7.87. The van der Waals surface area contributed by atoms with Crippen LogP contribution >= 0.6 is 0 Å². The first-order valence-electron chi connectivity index (χ1n) is 7.14. The smallest absolute Gasteiger partial charge is 0.224 e. The van der Waals surface area contributed by atoms with Crippen LogP contribution in [0.1, 0.15) is 58.8 Å². The van der Waals surface area contributed by atoms with Crippen LogP contribution in [0.5, 0.6) is 0 Å². The molecule has 1 rings (SSSR count). The minimum absolute atomic E-state index is 0.0799. The van der Waals surface area contributed by atoms with E-state index in [2.05, 4.69) is 19.2 Å². The summed E-state index contributed by atoms with van der Waals surface area (Å²) in [4.78, 5) is 14.3. The molecular weight excluding hydrogens is 212 g/mol. The largest absolute Gasteiger partial charge is 0.343 e. The zero-order valence-corrected chi connectivity index (χ0v) is 11.7. The van der Waals surface area contributed by atoms with Crippen molar-refractivity contribution >= 4 is 5.91 Å². The van der Waals surface area contributed by atoms with Gasteiger partial charge in [0.2, 0.25) is 5.91 Å². The van der Waals surface area contributed by atoms with E-state index in [1.165, 1.54) is 19.3 Å². The Hall–Kier alpha value is -0.570. The van der Waals surface area contributed by atoms with E-state index in [9.17, 15) is 4.79 Å². The molecule has 3 nitrogen and oxygen atoms in total. The average Bonchev–Trinajstić information content (AvgIpc) is 2.36. The lowest BCUT2D eigenvalue weighted by atomic mass is 9.79. The number of carbonyl (C=O) groups excluding carboxylic acids is 1. The highest BCUT2D eigenvalue weighted by molar-refractivity contribution is 5.77. The van der Waals surface area contributed by atoms with Crippen molar-refractivity contribution in [1.29, 1.82) is 0 Å². The lowest BCUT2D eigenvalue weighted by molar-refractivity contribution is -0.133. The van der Waals surface area contributed by atoms with Gasteiger partial charge < -0.3 is 10.2 Å². The van der Waals surface area contributed by atoms with E-state index in [1.807, 2.05) is 11.9 Å². The molecule has 0 aliphatic heterocycles. The number of hydrogen-bond acceptors (Lipinski definition) is 2. The van der Waals surface area contributed by atoms with Crippen molar-refractivity contribution in [3.8, 4) is 0 Å². The first kappa shape index (κ1) is 14.5. The molecule has 1 saturated carbocycles. The fourth-order valence-electron chi connectivity index (χ4n) is 2.87. The molecule has 0 spiro atoms. The summed E-state index contributed by atoms with van der Waals surface area (Å²) in [6.45, 7) is 5.94. The standard InChI is InChI=1S/C14H28N2O/c1-4-11-16(5-2)13(17)12-14(15-3)9-7-6-8-10-14/h15H,4-12H2,1-3H3. The van der Waals surface area contributed by atoms with Crippen LogP contribution < -0.4 is 5.32 Å². The van der Waals surface area contributed by atoms with Gasteiger partial charge in [-0.05, 0) is 33.2 Å². The summed E-state index contributed by atoms with van der Waals surface area (Å²) in [6, 6.07) is 0. The van der Waals surface area contributed by atoms with Crippen molar-refractivity contribution in [2.45, 2.75) is 64.3 Å². The lowest BCUT2D eigenvalue weighted by Gasteiger charge is -2.38. The van der Waals surface area contributed by atoms with Crippen LogP contribution in [0.3, 0.4) is 0 Å². The van der Waals surface area contributed by atoms with Crippen LogP contribution in [-0.4, -0.2) is 36.5 Å². The third-order valence-electron chi connectivity index (χ3n) is 4.06. The Balaban J connectivity index is 2.57. The van der Waals surface area contributed by atoms with Crippen LogP contribution in [0.15, 0.2) is 0 Å². The van der Waals surface area contributed by atoms with Gasteiger partial charge in [-0.3, -0.25) is 4.79 Å². The first-order valence-corrected chi connectivity index (χ1v) is 7.14. The second-order valence-corrected chi connectivity index (χ2v) is 5.24. The molecule has 17 heavy (non-hydrogen) atoms. The Labute approximate surface area is 106 Å². The van der Waals surface area contributed by atoms with Crippen LogP contribution in [0.2, 0.25) is 0 Å². The zero-order chi connectivity index (χ0) is 12.7. The highest BCUT2D eigenvalue weighted by Crippen LogP contribution is 2.31. The second-order valence-electron chi connectivity index (χ2n) is 5.24. The van der Waals surface area contributed by atoms with Crippen LogP contribution in [0.25, 0.3) is 0 Å². The van der Waals surface area contributed by atoms with E-state index in [1.54, 1.807) is 0 Å². The van der Waals surface area contributed by atoms with Gasteiger partial charge in [-0.25, -0.2) is 0 Å². The summed E-state index contributed by atoms with van der Waals surface area (Å²) in [5, 5.41) is 3.42. The number of amides is 1. The SMILES string of the molecule is CCCN(CC)C(=O)CC1(NC)CCCCC1. The summed E-state index contributed by atoms with van der Waals surface area (Å²) in [7, 11) is 2.01. The quantitative estimate of drug-likeness (QED) is 0.774. The van der Waals surface area contributed by atoms with Gasteiger partial charge in [0.25, 0.3) is 0 Å². The van der Waals surface area contributed by atoms with Gasteiger partial charge in [0.15, 0.2) is 0 Å². The van der Waals surface area contributed by atoms with Gasteiger partial charge in [0.05, 0.1) is 0 Å². The zero-order valence-electron chi connectivity index (χ0n) is 11.7. The number of rotatable bonds is 6. The molecule has 0 heterocycles. The summed E-state index contributed by atoms with van der Waals surface area (Å²) in [5.74, 6) is 0.325. The van der Waals surface area contributed by atoms with Crippen LogP contribution in [-0.2, 0) is 4.79 Å². The molecule has 1 aliphatic rings. The van der Waals surface area contributed by atoms with Crippen LogP contribution in [0.4, 0.5) is 0 Å². The van der Waals surface area contributed by atoms with E-state index < -0.39 is 0 Å². The number of nitrogens with zero attached hydrogens (tertiary/aromatic N) is 1. The van der Waals surface area contributed by atoms with E-state index in [0.29, 0.717) is 12.3 Å². The first-order chi connectivity index (χ1) is 8.17. The van der Waals surface area contributed by atoms with Crippen LogP contribution in [0, 0.1) is 0 Å². The second kappa shape index (κ2) is 7.00. The van der Waals surface area contributed by atoms with E-state index in [-0.39, 0.29) is 5.54 Å². The van der Waals surface area contributed by atoms with Gasteiger partial charge in [0, 0.05) is 25.0 Å². The molecule has 1 amide bonds. The van der Waals surface area contributed by atoms with E-state index in [0.717, 1.165) is 32.4 Å². The minimum atomic E-state index is 0.0799. The van der Waals surface area contributed by atoms with Crippen molar-refractivity contribution in [3.63, 3.8) is 0 Å². The number of nitrogens with one attached hydrogen (secondary N) is 1. The van der Waals surface area contributed by atoms with Crippen molar-refractivity contribution in [2.24, 2.45) is 0 Å². The maximum Gasteiger partial charge on any atom is 0.224 e. The topological polar surface area (TPSA) is 32.3 Å². The maximum atomic E-state index is 12.3. The summed E-state index contributed by atoms with van der Waals surface area (Å²) >= 11 is 0. The van der Waals surface area contributed by atoms with Crippen molar-refractivity contribution in [2.75, 3.05) is 20.1 Å². The third-order valence-corrected chi connectivity index (χ3v) is 4.06. The highest BCUT2D eigenvalue weighted by atomic mass is 16.2. The van der Waals surface area contributed by atoms with Gasteiger partial charge in [0.1, 0.15) is 0 Å². The molecule has 0 unspecified atom stereocenters. The number of hydrogen-bond donors (Lipinski definition) is 1.